The van der Waals surface area contributed by atoms with Crippen molar-refractivity contribution in [1.29, 1.82) is 0 Å². The summed E-state index contributed by atoms with van der Waals surface area (Å²) in [6.07, 6.45) is 0.433. The van der Waals surface area contributed by atoms with Crippen molar-refractivity contribution in [3.05, 3.63) is 33.3 Å². The standard InChI is InChI=1S/C12H13BrClNO2/c13-10-1-2-11(14)9(4-10)6-15-5-8(7-16)3-12(15)17/h1-2,4,8,16H,3,5-7H2. The van der Waals surface area contributed by atoms with Crippen LogP contribution in [0.3, 0.4) is 0 Å². The van der Waals surface area contributed by atoms with Crippen molar-refractivity contribution in [3.8, 4) is 0 Å². The van der Waals surface area contributed by atoms with Crippen LogP contribution in [0.15, 0.2) is 22.7 Å². The summed E-state index contributed by atoms with van der Waals surface area (Å²) in [5, 5.41) is 9.71. The van der Waals surface area contributed by atoms with E-state index in [9.17, 15) is 4.79 Å². The zero-order valence-electron chi connectivity index (χ0n) is 9.20. The molecule has 5 heteroatoms. The topological polar surface area (TPSA) is 40.5 Å². The SMILES string of the molecule is O=C1CC(CO)CN1Cc1cc(Br)ccc1Cl. The second kappa shape index (κ2) is 5.38. The van der Waals surface area contributed by atoms with E-state index in [0.29, 0.717) is 24.5 Å². The van der Waals surface area contributed by atoms with Gasteiger partial charge in [-0.3, -0.25) is 4.79 Å². The summed E-state index contributed by atoms with van der Waals surface area (Å²) in [4.78, 5) is 13.4. The lowest BCUT2D eigenvalue weighted by Crippen LogP contribution is -2.25. The molecule has 1 aromatic carbocycles. The second-order valence-corrected chi connectivity index (χ2v) is 5.59. The second-order valence-electron chi connectivity index (χ2n) is 4.26. The van der Waals surface area contributed by atoms with E-state index in [1.807, 2.05) is 18.2 Å². The Labute approximate surface area is 114 Å². The fourth-order valence-corrected chi connectivity index (χ4v) is 2.59. The Morgan fingerprint density at radius 3 is 2.94 bits per heavy atom. The molecule has 1 amide bonds. The van der Waals surface area contributed by atoms with Gasteiger partial charge in [-0.1, -0.05) is 27.5 Å². The average Bonchev–Trinajstić information content (AvgIpc) is 2.65. The van der Waals surface area contributed by atoms with Crippen LogP contribution in [0.5, 0.6) is 0 Å². The van der Waals surface area contributed by atoms with Gasteiger partial charge in [-0.15, -0.1) is 0 Å². The molecule has 0 aromatic heterocycles. The molecule has 1 aliphatic rings. The van der Waals surface area contributed by atoms with Crippen molar-refractivity contribution in [3.63, 3.8) is 0 Å². The molecular formula is C12H13BrClNO2. The molecule has 1 unspecified atom stereocenters. The number of benzene rings is 1. The number of halogens is 2. The van der Waals surface area contributed by atoms with E-state index in [4.69, 9.17) is 16.7 Å². The lowest BCUT2D eigenvalue weighted by Gasteiger charge is -2.17. The maximum Gasteiger partial charge on any atom is 0.223 e. The summed E-state index contributed by atoms with van der Waals surface area (Å²) in [6.45, 7) is 1.18. The molecule has 1 heterocycles. The van der Waals surface area contributed by atoms with Crippen LogP contribution in [-0.4, -0.2) is 29.1 Å². The van der Waals surface area contributed by atoms with E-state index >= 15 is 0 Å². The van der Waals surface area contributed by atoms with Crippen molar-refractivity contribution in [2.75, 3.05) is 13.2 Å². The summed E-state index contributed by atoms with van der Waals surface area (Å²) < 4.78 is 0.947. The van der Waals surface area contributed by atoms with Gasteiger partial charge in [0, 0.05) is 41.5 Å². The van der Waals surface area contributed by atoms with Gasteiger partial charge in [-0.05, 0) is 23.8 Å². The normalized spacial score (nSPS) is 20.1. The number of aliphatic hydroxyl groups is 1. The monoisotopic (exact) mass is 317 g/mol. The Hall–Kier alpha value is -0.580. The van der Waals surface area contributed by atoms with Gasteiger partial charge in [0.25, 0.3) is 0 Å². The van der Waals surface area contributed by atoms with Gasteiger partial charge in [0.1, 0.15) is 0 Å². The third kappa shape index (κ3) is 3.00. The van der Waals surface area contributed by atoms with Crippen LogP contribution in [0.2, 0.25) is 5.02 Å². The van der Waals surface area contributed by atoms with Gasteiger partial charge >= 0.3 is 0 Å². The number of hydrogen-bond donors (Lipinski definition) is 1. The minimum absolute atomic E-state index is 0.0634. The molecule has 0 spiro atoms. The summed E-state index contributed by atoms with van der Waals surface area (Å²) >= 11 is 9.47. The molecular weight excluding hydrogens is 305 g/mol. The first kappa shape index (κ1) is 12.9. The molecule has 3 nitrogen and oxygen atoms in total. The fourth-order valence-electron chi connectivity index (χ4n) is 2.00. The number of nitrogens with zero attached hydrogens (tertiary/aromatic N) is 1. The minimum Gasteiger partial charge on any atom is -0.396 e. The molecule has 2 rings (SSSR count). The van der Waals surface area contributed by atoms with E-state index in [1.165, 1.54) is 0 Å². The van der Waals surface area contributed by atoms with Gasteiger partial charge in [0.2, 0.25) is 5.91 Å². The third-order valence-electron chi connectivity index (χ3n) is 2.92. The molecule has 0 aliphatic carbocycles. The van der Waals surface area contributed by atoms with Crippen LogP contribution >= 0.6 is 27.5 Å². The van der Waals surface area contributed by atoms with E-state index in [2.05, 4.69) is 15.9 Å². The molecule has 1 aliphatic heterocycles. The molecule has 17 heavy (non-hydrogen) atoms. The first-order chi connectivity index (χ1) is 8.10. The largest absolute Gasteiger partial charge is 0.396 e. The molecule has 1 fully saturated rings. The van der Waals surface area contributed by atoms with Crippen LogP contribution in [0, 0.1) is 5.92 Å². The molecule has 0 saturated carbocycles. The fraction of sp³-hybridized carbons (Fsp3) is 0.417. The number of amides is 1. The van der Waals surface area contributed by atoms with Crippen LogP contribution in [0.1, 0.15) is 12.0 Å². The zero-order valence-corrected chi connectivity index (χ0v) is 11.5. The highest BCUT2D eigenvalue weighted by atomic mass is 79.9. The van der Waals surface area contributed by atoms with Crippen LogP contribution < -0.4 is 0 Å². The smallest absolute Gasteiger partial charge is 0.223 e. The molecule has 0 bridgehead atoms. The minimum atomic E-state index is 0.0634. The molecule has 1 aromatic rings. The Balaban J connectivity index is 2.11. The number of aliphatic hydroxyl groups excluding tert-OH is 1. The quantitative estimate of drug-likeness (QED) is 0.930. The first-order valence-electron chi connectivity index (χ1n) is 5.42. The number of hydrogen-bond acceptors (Lipinski definition) is 2. The highest BCUT2D eigenvalue weighted by Gasteiger charge is 2.29. The molecule has 0 radical (unpaired) electrons. The predicted octanol–water partition coefficient (Wildman–Crippen LogP) is 2.44. The Morgan fingerprint density at radius 1 is 1.53 bits per heavy atom. The Bertz CT molecular complexity index is 439. The molecule has 92 valence electrons. The lowest BCUT2D eigenvalue weighted by molar-refractivity contribution is -0.128. The van der Waals surface area contributed by atoms with Crippen LogP contribution in [-0.2, 0) is 11.3 Å². The van der Waals surface area contributed by atoms with Gasteiger partial charge in [0.15, 0.2) is 0 Å². The Kier molecular flexibility index (Phi) is 4.07. The van der Waals surface area contributed by atoms with Gasteiger partial charge < -0.3 is 10.0 Å². The van der Waals surface area contributed by atoms with Gasteiger partial charge in [-0.25, -0.2) is 0 Å². The summed E-state index contributed by atoms with van der Waals surface area (Å²) in [5.74, 6) is 0.147. The van der Waals surface area contributed by atoms with Gasteiger partial charge in [-0.2, -0.15) is 0 Å². The summed E-state index contributed by atoms with van der Waals surface area (Å²) in [7, 11) is 0. The van der Waals surface area contributed by atoms with Gasteiger partial charge in [0.05, 0.1) is 0 Å². The summed E-state index contributed by atoms with van der Waals surface area (Å²) in [5.41, 5.74) is 0.924. The lowest BCUT2D eigenvalue weighted by atomic mass is 10.1. The zero-order chi connectivity index (χ0) is 12.4. The average molecular weight is 319 g/mol. The Morgan fingerprint density at radius 2 is 2.29 bits per heavy atom. The van der Waals surface area contributed by atoms with Crippen LogP contribution in [0.4, 0.5) is 0 Å². The predicted molar refractivity (Wildman–Crippen MR) is 69.8 cm³/mol. The van der Waals surface area contributed by atoms with Crippen molar-refractivity contribution in [2.24, 2.45) is 5.92 Å². The van der Waals surface area contributed by atoms with E-state index < -0.39 is 0 Å². The van der Waals surface area contributed by atoms with Crippen molar-refractivity contribution >= 4 is 33.4 Å². The number of rotatable bonds is 3. The highest BCUT2D eigenvalue weighted by molar-refractivity contribution is 9.10. The van der Waals surface area contributed by atoms with Crippen molar-refractivity contribution < 1.29 is 9.90 Å². The first-order valence-corrected chi connectivity index (χ1v) is 6.60. The summed E-state index contributed by atoms with van der Waals surface area (Å²) in [6, 6.07) is 5.60. The van der Waals surface area contributed by atoms with E-state index in [0.717, 1.165) is 10.0 Å². The number of carbonyl (C=O) groups excluding carboxylic acids is 1. The van der Waals surface area contributed by atoms with E-state index in [-0.39, 0.29) is 18.4 Å². The maximum absolute atomic E-state index is 11.7. The van der Waals surface area contributed by atoms with E-state index in [1.54, 1.807) is 4.90 Å². The number of carbonyl (C=O) groups is 1. The highest BCUT2D eigenvalue weighted by Crippen LogP contribution is 2.25. The molecule has 1 atom stereocenters. The third-order valence-corrected chi connectivity index (χ3v) is 3.78. The maximum atomic E-state index is 11.7. The molecule has 1 saturated heterocycles. The van der Waals surface area contributed by atoms with Crippen molar-refractivity contribution in [2.45, 2.75) is 13.0 Å². The molecule has 1 N–H and O–H groups in total. The number of likely N-dealkylation sites (tertiary alicyclic amines) is 1. The van der Waals surface area contributed by atoms with Crippen LogP contribution in [0.25, 0.3) is 0 Å². The van der Waals surface area contributed by atoms with Crippen molar-refractivity contribution in [1.82, 2.24) is 4.90 Å².